The summed E-state index contributed by atoms with van der Waals surface area (Å²) in [6, 6.07) is 17.0. The quantitative estimate of drug-likeness (QED) is 0.392. The number of thiazole rings is 1. The number of aromatic nitrogens is 3. The summed E-state index contributed by atoms with van der Waals surface area (Å²) in [4.78, 5) is 29.1. The van der Waals surface area contributed by atoms with E-state index in [0.717, 1.165) is 21.9 Å². The Morgan fingerprint density at radius 1 is 1.03 bits per heavy atom. The maximum absolute atomic E-state index is 12.3. The summed E-state index contributed by atoms with van der Waals surface area (Å²) >= 11 is 1.48. The number of ether oxygens (including phenoxy) is 1. The molecule has 3 N–H and O–H groups in total. The first-order valence-electron chi connectivity index (χ1n) is 9.82. The third kappa shape index (κ3) is 5.01. The van der Waals surface area contributed by atoms with Crippen molar-refractivity contribution in [1.29, 1.82) is 0 Å². The molecule has 0 aliphatic heterocycles. The number of aromatic amines is 1. The van der Waals surface area contributed by atoms with Crippen molar-refractivity contribution >= 4 is 23.2 Å². The summed E-state index contributed by atoms with van der Waals surface area (Å²) in [5.41, 5.74) is 9.29. The fourth-order valence-corrected chi connectivity index (χ4v) is 3.79. The number of aryl methyl sites for hydroxylation is 1. The average Bonchev–Trinajstić information content (AvgIpc) is 3.48. The Kier molecular flexibility index (Phi) is 6.27. The van der Waals surface area contributed by atoms with Crippen molar-refractivity contribution in [2.75, 3.05) is 7.11 Å². The number of hydrogen-bond donors (Lipinski definition) is 3. The second-order valence-electron chi connectivity index (χ2n) is 7.08. The van der Waals surface area contributed by atoms with Gasteiger partial charge in [0, 0.05) is 16.5 Å². The molecule has 0 aliphatic rings. The predicted octanol–water partition coefficient (Wildman–Crippen LogP) is 3.52. The van der Waals surface area contributed by atoms with Gasteiger partial charge in [0.15, 0.2) is 0 Å². The largest absolute Gasteiger partial charge is 0.497 e. The SMILES string of the molecule is COc1ccc(-c2cc(C(=O)NNC(=O)Cc3csc(-c4ccc(C)cc4)n3)[nH]n2)cc1. The van der Waals surface area contributed by atoms with Gasteiger partial charge in [0.25, 0.3) is 5.91 Å². The molecule has 0 radical (unpaired) electrons. The molecule has 4 rings (SSSR count). The van der Waals surface area contributed by atoms with Crippen LogP contribution in [-0.2, 0) is 11.2 Å². The minimum atomic E-state index is -0.496. The average molecular weight is 448 g/mol. The molecule has 2 heterocycles. The fourth-order valence-electron chi connectivity index (χ4n) is 2.97. The van der Waals surface area contributed by atoms with Crippen molar-refractivity contribution in [2.24, 2.45) is 0 Å². The summed E-state index contributed by atoms with van der Waals surface area (Å²) in [5.74, 6) is -0.130. The van der Waals surface area contributed by atoms with Crippen molar-refractivity contribution in [1.82, 2.24) is 26.0 Å². The van der Waals surface area contributed by atoms with Gasteiger partial charge in [-0.1, -0.05) is 29.8 Å². The molecular formula is C23H21N5O3S. The van der Waals surface area contributed by atoms with Gasteiger partial charge in [-0.25, -0.2) is 4.98 Å². The molecule has 0 spiro atoms. The summed E-state index contributed by atoms with van der Waals surface area (Å²) in [7, 11) is 1.59. The minimum absolute atomic E-state index is 0.0582. The number of carbonyl (C=O) groups is 2. The van der Waals surface area contributed by atoms with E-state index >= 15 is 0 Å². The van der Waals surface area contributed by atoms with E-state index in [9.17, 15) is 9.59 Å². The summed E-state index contributed by atoms with van der Waals surface area (Å²) in [5, 5.41) is 9.51. The smallest absolute Gasteiger partial charge is 0.287 e. The lowest BCUT2D eigenvalue weighted by molar-refractivity contribution is -0.121. The maximum Gasteiger partial charge on any atom is 0.287 e. The van der Waals surface area contributed by atoms with Gasteiger partial charge in [-0.05, 0) is 37.3 Å². The molecule has 4 aromatic rings. The first-order chi connectivity index (χ1) is 15.5. The first kappa shape index (κ1) is 21.3. The van der Waals surface area contributed by atoms with Crippen LogP contribution in [0.25, 0.3) is 21.8 Å². The Morgan fingerprint density at radius 3 is 2.47 bits per heavy atom. The van der Waals surface area contributed by atoms with Crippen LogP contribution in [-0.4, -0.2) is 34.1 Å². The number of hydrazine groups is 1. The van der Waals surface area contributed by atoms with Crippen LogP contribution in [0.15, 0.2) is 60.0 Å². The van der Waals surface area contributed by atoms with Crippen LogP contribution in [0.1, 0.15) is 21.7 Å². The Morgan fingerprint density at radius 2 is 1.75 bits per heavy atom. The van der Waals surface area contributed by atoms with Gasteiger partial charge in [0.2, 0.25) is 5.91 Å². The molecule has 162 valence electrons. The normalized spacial score (nSPS) is 10.6. The molecule has 0 saturated carbocycles. The predicted molar refractivity (Wildman–Crippen MR) is 122 cm³/mol. The third-order valence-electron chi connectivity index (χ3n) is 4.72. The Balaban J connectivity index is 1.31. The van der Waals surface area contributed by atoms with Crippen LogP contribution in [0.5, 0.6) is 5.75 Å². The van der Waals surface area contributed by atoms with Crippen molar-refractivity contribution in [3.8, 4) is 27.6 Å². The summed E-state index contributed by atoms with van der Waals surface area (Å²) in [6.45, 7) is 2.03. The molecule has 2 aromatic heterocycles. The minimum Gasteiger partial charge on any atom is -0.497 e. The number of methoxy groups -OCH3 is 1. The van der Waals surface area contributed by atoms with Crippen molar-refractivity contribution in [3.63, 3.8) is 0 Å². The molecule has 0 saturated heterocycles. The van der Waals surface area contributed by atoms with E-state index in [2.05, 4.69) is 26.0 Å². The van der Waals surface area contributed by atoms with Gasteiger partial charge in [0.1, 0.15) is 16.5 Å². The van der Waals surface area contributed by atoms with Crippen molar-refractivity contribution in [3.05, 3.63) is 76.9 Å². The standard InChI is InChI=1S/C23H21N5O3S/c1-14-3-5-16(6-4-14)23-24-17(13-32-23)11-21(29)27-28-22(30)20-12-19(25-26-20)15-7-9-18(31-2)10-8-15/h3-10,12-13H,11H2,1-2H3,(H,25,26)(H,27,29)(H,28,30). The van der Waals surface area contributed by atoms with E-state index in [0.29, 0.717) is 11.4 Å². The van der Waals surface area contributed by atoms with E-state index in [1.807, 2.05) is 60.8 Å². The van der Waals surface area contributed by atoms with Crippen LogP contribution in [0.3, 0.4) is 0 Å². The van der Waals surface area contributed by atoms with E-state index < -0.39 is 5.91 Å². The molecular weight excluding hydrogens is 426 g/mol. The Labute approximate surface area is 188 Å². The topological polar surface area (TPSA) is 109 Å². The number of nitrogens with zero attached hydrogens (tertiary/aromatic N) is 2. The molecule has 8 nitrogen and oxygen atoms in total. The highest BCUT2D eigenvalue weighted by Gasteiger charge is 2.14. The number of rotatable bonds is 6. The monoisotopic (exact) mass is 447 g/mol. The Bertz CT molecular complexity index is 1230. The highest BCUT2D eigenvalue weighted by atomic mass is 32.1. The molecule has 9 heteroatoms. The molecule has 2 amide bonds. The van der Waals surface area contributed by atoms with E-state index in [-0.39, 0.29) is 18.0 Å². The number of nitrogens with one attached hydrogen (secondary N) is 3. The van der Waals surface area contributed by atoms with Crippen LogP contribution in [0, 0.1) is 6.92 Å². The van der Waals surface area contributed by atoms with Gasteiger partial charge in [-0.15, -0.1) is 11.3 Å². The third-order valence-corrected chi connectivity index (χ3v) is 5.66. The van der Waals surface area contributed by atoms with Crippen LogP contribution < -0.4 is 15.6 Å². The first-order valence-corrected chi connectivity index (χ1v) is 10.7. The zero-order valence-electron chi connectivity index (χ0n) is 17.5. The zero-order valence-corrected chi connectivity index (χ0v) is 18.3. The number of benzene rings is 2. The molecule has 0 aliphatic carbocycles. The van der Waals surface area contributed by atoms with E-state index in [4.69, 9.17) is 4.74 Å². The molecule has 0 bridgehead atoms. The molecule has 0 unspecified atom stereocenters. The van der Waals surface area contributed by atoms with Crippen LogP contribution in [0.4, 0.5) is 0 Å². The molecule has 32 heavy (non-hydrogen) atoms. The highest BCUT2D eigenvalue weighted by Crippen LogP contribution is 2.24. The molecule has 2 aromatic carbocycles. The second-order valence-corrected chi connectivity index (χ2v) is 7.94. The van der Waals surface area contributed by atoms with Gasteiger partial charge < -0.3 is 4.74 Å². The number of hydrogen-bond acceptors (Lipinski definition) is 6. The number of H-pyrrole nitrogens is 1. The molecule has 0 fully saturated rings. The summed E-state index contributed by atoms with van der Waals surface area (Å²) < 4.78 is 5.14. The van der Waals surface area contributed by atoms with Crippen LogP contribution >= 0.6 is 11.3 Å². The lowest BCUT2D eigenvalue weighted by Gasteiger charge is -2.05. The number of carbonyl (C=O) groups excluding carboxylic acids is 2. The fraction of sp³-hybridized carbons (Fsp3) is 0.130. The molecule has 0 atom stereocenters. The number of amides is 2. The van der Waals surface area contributed by atoms with Crippen LogP contribution in [0.2, 0.25) is 0 Å². The van der Waals surface area contributed by atoms with E-state index in [1.54, 1.807) is 13.2 Å². The lowest BCUT2D eigenvalue weighted by atomic mass is 10.1. The van der Waals surface area contributed by atoms with E-state index in [1.165, 1.54) is 16.9 Å². The lowest BCUT2D eigenvalue weighted by Crippen LogP contribution is -2.42. The van der Waals surface area contributed by atoms with Crippen molar-refractivity contribution < 1.29 is 14.3 Å². The van der Waals surface area contributed by atoms with Gasteiger partial charge in [0.05, 0.1) is 24.9 Å². The Hall–Kier alpha value is -3.98. The second kappa shape index (κ2) is 9.44. The van der Waals surface area contributed by atoms with Gasteiger partial charge >= 0.3 is 0 Å². The zero-order chi connectivity index (χ0) is 22.5. The van der Waals surface area contributed by atoms with Crippen molar-refractivity contribution in [2.45, 2.75) is 13.3 Å². The van der Waals surface area contributed by atoms with Gasteiger partial charge in [-0.2, -0.15) is 5.10 Å². The summed E-state index contributed by atoms with van der Waals surface area (Å²) in [6.07, 6.45) is 0.0582. The van der Waals surface area contributed by atoms with Gasteiger partial charge in [-0.3, -0.25) is 25.5 Å². The maximum atomic E-state index is 12.3. The highest BCUT2D eigenvalue weighted by molar-refractivity contribution is 7.13.